The minimum absolute atomic E-state index is 0.0824. The number of aromatic nitrogens is 2. The van der Waals surface area contributed by atoms with Crippen molar-refractivity contribution >= 4 is 41.1 Å². The van der Waals surface area contributed by atoms with Gasteiger partial charge in [-0.1, -0.05) is 41.9 Å². The maximum atomic E-state index is 13.4. The van der Waals surface area contributed by atoms with Crippen LogP contribution in [-0.2, 0) is 9.59 Å². The van der Waals surface area contributed by atoms with Gasteiger partial charge in [0.25, 0.3) is 5.91 Å². The van der Waals surface area contributed by atoms with Gasteiger partial charge in [-0.2, -0.15) is 0 Å². The van der Waals surface area contributed by atoms with Crippen LogP contribution in [0.5, 0.6) is 5.75 Å². The van der Waals surface area contributed by atoms with E-state index >= 15 is 0 Å². The molecule has 3 heterocycles. The van der Waals surface area contributed by atoms with Gasteiger partial charge in [-0.25, -0.2) is 9.97 Å². The smallest absolute Gasteiger partial charge is 0.294 e. The van der Waals surface area contributed by atoms with Crippen molar-refractivity contribution in [3.63, 3.8) is 0 Å². The van der Waals surface area contributed by atoms with Gasteiger partial charge in [-0.3, -0.25) is 14.5 Å². The molecule has 1 fully saturated rings. The minimum atomic E-state index is -0.386. The van der Waals surface area contributed by atoms with Crippen LogP contribution in [0.1, 0.15) is 5.56 Å². The summed E-state index contributed by atoms with van der Waals surface area (Å²) in [6.07, 6.45) is 5.01. The van der Waals surface area contributed by atoms with E-state index in [-0.39, 0.29) is 24.1 Å². The molecule has 0 saturated carbocycles. The molecule has 2 aliphatic heterocycles. The Bertz CT molecular complexity index is 1240. The van der Waals surface area contributed by atoms with E-state index in [0.717, 1.165) is 0 Å². The van der Waals surface area contributed by atoms with Gasteiger partial charge in [0.05, 0.1) is 5.69 Å². The van der Waals surface area contributed by atoms with Crippen LogP contribution < -0.4 is 14.5 Å². The molecule has 2 aliphatic rings. The van der Waals surface area contributed by atoms with E-state index in [9.17, 15) is 9.59 Å². The number of halogens is 1. The molecule has 0 atom stereocenters. The highest BCUT2D eigenvalue weighted by Crippen LogP contribution is 2.36. The second-order valence-electron chi connectivity index (χ2n) is 7.91. The number of hydrogen-bond acceptors (Lipinski definition) is 6. The number of amides is 2. The molecule has 2 aromatic carbocycles. The van der Waals surface area contributed by atoms with E-state index in [1.807, 2.05) is 29.2 Å². The number of fused-ring (bicyclic) bond motifs is 1. The zero-order valence-electron chi connectivity index (χ0n) is 18.3. The summed E-state index contributed by atoms with van der Waals surface area (Å²) in [7, 11) is 0. The molecular weight excluding hydrogens is 454 g/mol. The molecule has 1 aromatic heterocycles. The van der Waals surface area contributed by atoms with Crippen molar-refractivity contribution in [2.75, 3.05) is 42.5 Å². The molecule has 0 radical (unpaired) electrons. The van der Waals surface area contributed by atoms with Gasteiger partial charge in [-0.05, 0) is 35.9 Å². The Kier molecular flexibility index (Phi) is 6.14. The summed E-state index contributed by atoms with van der Waals surface area (Å²) < 4.78 is 5.89. The van der Waals surface area contributed by atoms with Crippen molar-refractivity contribution < 1.29 is 14.3 Å². The number of anilines is 2. The number of benzene rings is 2. The van der Waals surface area contributed by atoms with Crippen molar-refractivity contribution in [2.45, 2.75) is 0 Å². The summed E-state index contributed by atoms with van der Waals surface area (Å²) in [5.74, 6) is 0.769. The van der Waals surface area contributed by atoms with Crippen LogP contribution in [0.2, 0.25) is 5.02 Å². The maximum Gasteiger partial charge on any atom is 0.294 e. The molecule has 172 valence electrons. The van der Waals surface area contributed by atoms with Crippen molar-refractivity contribution in [1.82, 2.24) is 14.9 Å². The van der Waals surface area contributed by atoms with E-state index in [0.29, 0.717) is 54.2 Å². The van der Waals surface area contributed by atoms with Crippen LogP contribution in [0, 0.1) is 0 Å². The molecule has 5 rings (SSSR count). The zero-order chi connectivity index (χ0) is 23.5. The standard InChI is InChI=1S/C25H22ClN5O3/c26-19-7-2-1-6-18(19)16-22-24(33)31(20-8-3-4-9-21(20)34-22)17-23(32)29-12-14-30(15-13-29)25-27-10-5-11-28-25/h1-11,16H,12-15,17H2. The lowest BCUT2D eigenvalue weighted by Gasteiger charge is -2.36. The van der Waals surface area contributed by atoms with Gasteiger partial charge in [0, 0.05) is 43.6 Å². The molecular formula is C25H22ClN5O3. The van der Waals surface area contributed by atoms with Crippen LogP contribution in [0.3, 0.4) is 0 Å². The second-order valence-corrected chi connectivity index (χ2v) is 8.32. The third-order valence-corrected chi connectivity index (χ3v) is 6.13. The molecule has 0 N–H and O–H groups in total. The van der Waals surface area contributed by atoms with E-state index < -0.39 is 0 Å². The predicted octanol–water partition coefficient (Wildman–Crippen LogP) is 3.25. The summed E-state index contributed by atoms with van der Waals surface area (Å²) in [6, 6.07) is 16.2. The highest BCUT2D eigenvalue weighted by molar-refractivity contribution is 6.32. The fourth-order valence-corrected chi connectivity index (χ4v) is 4.19. The van der Waals surface area contributed by atoms with Crippen molar-refractivity contribution in [3.8, 4) is 5.75 Å². The van der Waals surface area contributed by atoms with Gasteiger partial charge < -0.3 is 14.5 Å². The molecule has 9 heteroatoms. The van der Waals surface area contributed by atoms with Gasteiger partial charge >= 0.3 is 0 Å². The van der Waals surface area contributed by atoms with Crippen LogP contribution in [-0.4, -0.2) is 59.4 Å². The molecule has 0 unspecified atom stereocenters. The summed E-state index contributed by atoms with van der Waals surface area (Å²) in [5.41, 5.74) is 1.23. The summed E-state index contributed by atoms with van der Waals surface area (Å²) in [4.78, 5) is 40.4. The van der Waals surface area contributed by atoms with E-state index in [2.05, 4.69) is 9.97 Å². The van der Waals surface area contributed by atoms with Crippen LogP contribution in [0.25, 0.3) is 6.08 Å². The number of carbonyl (C=O) groups excluding carboxylic acids is 2. The Morgan fingerprint density at radius 3 is 2.44 bits per heavy atom. The first kappa shape index (κ1) is 21.9. The Hall–Kier alpha value is -3.91. The van der Waals surface area contributed by atoms with Crippen LogP contribution in [0.4, 0.5) is 11.6 Å². The highest BCUT2D eigenvalue weighted by Gasteiger charge is 2.33. The first-order valence-corrected chi connectivity index (χ1v) is 11.3. The largest absolute Gasteiger partial charge is 0.449 e. The molecule has 3 aromatic rings. The molecule has 0 spiro atoms. The average Bonchev–Trinajstić information content (AvgIpc) is 2.88. The second kappa shape index (κ2) is 9.52. The molecule has 2 amide bonds. The van der Waals surface area contributed by atoms with Crippen LogP contribution in [0.15, 0.2) is 72.8 Å². The zero-order valence-corrected chi connectivity index (χ0v) is 19.1. The lowest BCUT2D eigenvalue weighted by molar-refractivity contribution is -0.131. The lowest BCUT2D eigenvalue weighted by Crippen LogP contribution is -2.53. The molecule has 1 saturated heterocycles. The first-order valence-electron chi connectivity index (χ1n) is 10.9. The number of rotatable bonds is 4. The topological polar surface area (TPSA) is 78.9 Å². The Balaban J connectivity index is 1.33. The van der Waals surface area contributed by atoms with Gasteiger partial charge in [0.2, 0.25) is 11.9 Å². The monoisotopic (exact) mass is 475 g/mol. The van der Waals surface area contributed by atoms with E-state index in [4.69, 9.17) is 16.3 Å². The number of hydrogen-bond donors (Lipinski definition) is 0. The normalized spacial score (nSPS) is 16.9. The first-order chi connectivity index (χ1) is 16.6. The highest BCUT2D eigenvalue weighted by atomic mass is 35.5. The van der Waals surface area contributed by atoms with E-state index in [1.165, 1.54) is 4.90 Å². The number of nitrogens with zero attached hydrogens (tertiary/aromatic N) is 5. The number of carbonyl (C=O) groups is 2. The third kappa shape index (κ3) is 4.45. The van der Waals surface area contributed by atoms with Crippen molar-refractivity contribution in [1.29, 1.82) is 0 Å². The average molecular weight is 476 g/mol. The number of ether oxygens (including phenoxy) is 1. The fraction of sp³-hybridized carbons (Fsp3) is 0.200. The van der Waals surface area contributed by atoms with Crippen molar-refractivity contribution in [3.05, 3.63) is 83.3 Å². The third-order valence-electron chi connectivity index (χ3n) is 5.78. The molecule has 8 nitrogen and oxygen atoms in total. The number of piperazine rings is 1. The number of para-hydroxylation sites is 2. The fourth-order valence-electron chi connectivity index (χ4n) is 4.00. The lowest BCUT2D eigenvalue weighted by atomic mass is 10.1. The minimum Gasteiger partial charge on any atom is -0.449 e. The maximum absolute atomic E-state index is 13.4. The Morgan fingerprint density at radius 2 is 1.68 bits per heavy atom. The SMILES string of the molecule is O=C(CN1C(=O)C(=Cc2ccccc2Cl)Oc2ccccc21)N1CCN(c2ncccn2)CC1. The molecule has 0 aliphatic carbocycles. The van der Waals surface area contributed by atoms with Gasteiger partial charge in [-0.15, -0.1) is 0 Å². The Labute approximate surface area is 202 Å². The van der Waals surface area contributed by atoms with Crippen molar-refractivity contribution in [2.24, 2.45) is 0 Å². The Morgan fingerprint density at radius 1 is 0.971 bits per heavy atom. The van der Waals surface area contributed by atoms with Gasteiger partial charge in [0.15, 0.2) is 11.5 Å². The summed E-state index contributed by atoms with van der Waals surface area (Å²) >= 11 is 6.27. The summed E-state index contributed by atoms with van der Waals surface area (Å²) in [6.45, 7) is 2.22. The van der Waals surface area contributed by atoms with E-state index in [1.54, 1.807) is 53.7 Å². The summed E-state index contributed by atoms with van der Waals surface area (Å²) in [5, 5.41) is 0.508. The predicted molar refractivity (Wildman–Crippen MR) is 130 cm³/mol. The van der Waals surface area contributed by atoms with Crippen LogP contribution >= 0.6 is 11.6 Å². The molecule has 0 bridgehead atoms. The quantitative estimate of drug-likeness (QED) is 0.539. The molecule has 34 heavy (non-hydrogen) atoms. The van der Waals surface area contributed by atoms with Gasteiger partial charge in [0.1, 0.15) is 6.54 Å².